The van der Waals surface area contributed by atoms with Gasteiger partial charge in [-0.05, 0) is 31.2 Å². The number of nitrogens with zero attached hydrogens (tertiary/aromatic N) is 3. The third-order valence-corrected chi connectivity index (χ3v) is 7.34. The van der Waals surface area contributed by atoms with Crippen molar-refractivity contribution in [3.8, 4) is 0 Å². The minimum absolute atomic E-state index is 0.0629. The first kappa shape index (κ1) is 18.6. The number of rotatable bonds is 4. The molecule has 8 heteroatoms. The van der Waals surface area contributed by atoms with Crippen molar-refractivity contribution < 1.29 is 8.42 Å². The number of hydrogen-bond donors (Lipinski definition) is 0. The van der Waals surface area contributed by atoms with E-state index in [9.17, 15) is 8.42 Å². The number of halogens is 2. The second kappa shape index (κ2) is 7.60. The molecule has 0 amide bonds. The quantitative estimate of drug-likeness (QED) is 0.789. The van der Waals surface area contributed by atoms with Crippen LogP contribution in [0.3, 0.4) is 0 Å². The highest BCUT2D eigenvalue weighted by Crippen LogP contribution is 2.31. The van der Waals surface area contributed by atoms with E-state index < -0.39 is 10.0 Å². The van der Waals surface area contributed by atoms with Crippen molar-refractivity contribution in [2.75, 3.05) is 26.2 Å². The first-order valence-corrected chi connectivity index (χ1v) is 10.2. The van der Waals surface area contributed by atoms with E-state index in [4.69, 9.17) is 23.2 Å². The molecule has 0 aliphatic carbocycles. The third-order valence-electron chi connectivity index (χ3n) is 4.47. The van der Waals surface area contributed by atoms with Gasteiger partial charge in [0, 0.05) is 38.4 Å². The zero-order valence-corrected chi connectivity index (χ0v) is 16.1. The maximum Gasteiger partial charge on any atom is 0.244 e. The van der Waals surface area contributed by atoms with Crippen molar-refractivity contribution in [2.45, 2.75) is 17.9 Å². The van der Waals surface area contributed by atoms with E-state index in [0.29, 0.717) is 26.2 Å². The standard InChI is InChI=1S/C17H19Cl2N3O2S/c1-13(15-6-2-3-8-20-15)21-9-11-22(12-10-21)25(23,24)16-7-4-5-14(18)17(16)19/h2-8,13H,9-12H2,1H3/t13-/m1/s1. The maximum absolute atomic E-state index is 12.9. The van der Waals surface area contributed by atoms with Gasteiger partial charge in [0.25, 0.3) is 0 Å². The predicted octanol–water partition coefficient (Wildman–Crippen LogP) is 3.46. The Bertz CT molecular complexity index is 838. The summed E-state index contributed by atoms with van der Waals surface area (Å²) < 4.78 is 27.2. The van der Waals surface area contributed by atoms with Crippen molar-refractivity contribution in [1.82, 2.24) is 14.2 Å². The Morgan fingerprint density at radius 2 is 1.76 bits per heavy atom. The summed E-state index contributed by atoms with van der Waals surface area (Å²) in [5, 5.41) is 0.318. The summed E-state index contributed by atoms with van der Waals surface area (Å²) in [6.45, 7) is 4.16. The molecule has 0 N–H and O–H groups in total. The van der Waals surface area contributed by atoms with Crippen LogP contribution in [-0.4, -0.2) is 48.8 Å². The van der Waals surface area contributed by atoms with Gasteiger partial charge in [-0.1, -0.05) is 35.3 Å². The first-order valence-electron chi connectivity index (χ1n) is 8.00. The lowest BCUT2D eigenvalue weighted by Gasteiger charge is -2.37. The topological polar surface area (TPSA) is 53.5 Å². The normalized spacial score (nSPS) is 18.2. The largest absolute Gasteiger partial charge is 0.292 e. The molecule has 0 bridgehead atoms. The smallest absolute Gasteiger partial charge is 0.244 e. The van der Waals surface area contributed by atoms with Crippen LogP contribution in [-0.2, 0) is 10.0 Å². The highest BCUT2D eigenvalue weighted by atomic mass is 35.5. The van der Waals surface area contributed by atoms with Crippen LogP contribution in [0.1, 0.15) is 18.7 Å². The number of pyridine rings is 1. The number of hydrogen-bond acceptors (Lipinski definition) is 4. The molecule has 1 fully saturated rings. The fourth-order valence-electron chi connectivity index (χ4n) is 2.96. The molecular weight excluding hydrogens is 381 g/mol. The summed E-state index contributed by atoms with van der Waals surface area (Å²) in [4.78, 5) is 6.68. The molecule has 134 valence electrons. The first-order chi connectivity index (χ1) is 11.9. The van der Waals surface area contributed by atoms with E-state index >= 15 is 0 Å². The molecule has 1 aromatic heterocycles. The van der Waals surface area contributed by atoms with E-state index in [1.54, 1.807) is 18.3 Å². The Kier molecular flexibility index (Phi) is 5.65. The SMILES string of the molecule is C[C@H](c1ccccn1)N1CCN(S(=O)(=O)c2cccc(Cl)c2Cl)CC1. The van der Waals surface area contributed by atoms with Crippen molar-refractivity contribution in [2.24, 2.45) is 0 Å². The lowest BCUT2D eigenvalue weighted by molar-refractivity contribution is 0.143. The minimum atomic E-state index is -3.65. The Morgan fingerprint density at radius 1 is 1.04 bits per heavy atom. The van der Waals surface area contributed by atoms with Crippen molar-refractivity contribution in [3.05, 3.63) is 58.3 Å². The summed E-state index contributed by atoms with van der Waals surface area (Å²) >= 11 is 12.1. The van der Waals surface area contributed by atoms with Crippen molar-refractivity contribution in [1.29, 1.82) is 0 Å². The molecule has 2 aromatic rings. The van der Waals surface area contributed by atoms with E-state index in [-0.39, 0.29) is 21.0 Å². The van der Waals surface area contributed by atoms with Crippen LogP contribution in [0.5, 0.6) is 0 Å². The summed E-state index contributed by atoms with van der Waals surface area (Å²) in [5.74, 6) is 0. The molecule has 1 aliphatic heterocycles. The van der Waals surface area contributed by atoms with Crippen LogP contribution in [0.25, 0.3) is 0 Å². The zero-order chi connectivity index (χ0) is 18.0. The van der Waals surface area contributed by atoms with Crippen LogP contribution in [0.4, 0.5) is 0 Å². The van der Waals surface area contributed by atoms with Gasteiger partial charge < -0.3 is 0 Å². The summed E-state index contributed by atoms with van der Waals surface area (Å²) in [7, 11) is -3.65. The maximum atomic E-state index is 12.9. The van der Waals surface area contributed by atoms with Crippen molar-refractivity contribution >= 4 is 33.2 Å². The number of benzene rings is 1. The molecule has 25 heavy (non-hydrogen) atoms. The van der Waals surface area contributed by atoms with Crippen LogP contribution in [0.2, 0.25) is 10.0 Å². The predicted molar refractivity (Wildman–Crippen MR) is 99.4 cm³/mol. The molecule has 0 spiro atoms. The highest BCUT2D eigenvalue weighted by molar-refractivity contribution is 7.89. The third kappa shape index (κ3) is 3.83. The average molecular weight is 400 g/mol. The number of aromatic nitrogens is 1. The fourth-order valence-corrected chi connectivity index (χ4v) is 5.12. The lowest BCUT2D eigenvalue weighted by atomic mass is 10.1. The van der Waals surface area contributed by atoms with Crippen molar-refractivity contribution in [3.63, 3.8) is 0 Å². The van der Waals surface area contributed by atoms with Crippen LogP contribution < -0.4 is 0 Å². The summed E-state index contributed by atoms with van der Waals surface area (Å²) in [5.41, 5.74) is 0.983. The molecule has 2 heterocycles. The second-order valence-electron chi connectivity index (χ2n) is 5.92. The molecule has 0 saturated carbocycles. The molecule has 1 aliphatic rings. The fraction of sp³-hybridized carbons (Fsp3) is 0.353. The van der Waals surface area contributed by atoms with Gasteiger partial charge >= 0.3 is 0 Å². The van der Waals surface area contributed by atoms with Gasteiger partial charge in [-0.25, -0.2) is 8.42 Å². The Morgan fingerprint density at radius 3 is 2.40 bits per heavy atom. The molecule has 0 unspecified atom stereocenters. The number of sulfonamides is 1. The molecular formula is C17H19Cl2N3O2S. The Labute approximate surface area is 158 Å². The molecule has 0 radical (unpaired) electrons. The van der Waals surface area contributed by atoms with Gasteiger partial charge in [-0.15, -0.1) is 0 Å². The number of piperazine rings is 1. The molecule has 1 aromatic carbocycles. The van der Waals surface area contributed by atoms with E-state index in [1.807, 2.05) is 18.2 Å². The second-order valence-corrected chi connectivity index (χ2v) is 8.61. The van der Waals surface area contributed by atoms with Crippen LogP contribution in [0.15, 0.2) is 47.5 Å². The summed E-state index contributed by atoms with van der Waals surface area (Å²) in [6.07, 6.45) is 1.77. The summed E-state index contributed by atoms with van der Waals surface area (Å²) in [6, 6.07) is 10.6. The zero-order valence-electron chi connectivity index (χ0n) is 13.8. The molecule has 1 atom stereocenters. The van der Waals surface area contributed by atoms with Gasteiger partial charge in [0.2, 0.25) is 10.0 Å². The average Bonchev–Trinajstić information content (AvgIpc) is 2.64. The van der Waals surface area contributed by atoms with E-state index in [0.717, 1.165) is 5.69 Å². The molecule has 5 nitrogen and oxygen atoms in total. The monoisotopic (exact) mass is 399 g/mol. The van der Waals surface area contributed by atoms with Crippen LogP contribution >= 0.6 is 23.2 Å². The van der Waals surface area contributed by atoms with Gasteiger partial charge in [-0.2, -0.15) is 4.31 Å². The van der Waals surface area contributed by atoms with Gasteiger partial charge in [0.15, 0.2) is 0 Å². The van der Waals surface area contributed by atoms with E-state index in [1.165, 1.54) is 10.4 Å². The lowest BCUT2D eigenvalue weighted by Crippen LogP contribution is -2.49. The molecule has 1 saturated heterocycles. The molecule has 3 rings (SSSR count). The van der Waals surface area contributed by atoms with E-state index in [2.05, 4.69) is 16.8 Å². The Balaban J connectivity index is 1.72. The minimum Gasteiger partial charge on any atom is -0.292 e. The highest BCUT2D eigenvalue weighted by Gasteiger charge is 2.32. The van der Waals surface area contributed by atoms with Gasteiger partial charge in [0.1, 0.15) is 4.90 Å². The Hall–Kier alpha value is -1.18. The van der Waals surface area contributed by atoms with Crippen LogP contribution in [0, 0.1) is 0 Å². The van der Waals surface area contributed by atoms with Gasteiger partial charge in [-0.3, -0.25) is 9.88 Å². The van der Waals surface area contributed by atoms with Gasteiger partial charge in [0.05, 0.1) is 15.7 Å².